The third kappa shape index (κ3) is 3.17. The van der Waals surface area contributed by atoms with E-state index in [1.54, 1.807) is 13.4 Å². The van der Waals surface area contributed by atoms with Gasteiger partial charge in [-0.15, -0.1) is 0 Å². The highest BCUT2D eigenvalue weighted by molar-refractivity contribution is 5.00. The Hall–Kier alpha value is -1.80. The maximum absolute atomic E-state index is 5.10. The average Bonchev–Trinajstić information content (AvgIpc) is 3.17. The molecule has 0 aliphatic carbocycles. The van der Waals surface area contributed by atoms with E-state index >= 15 is 0 Å². The van der Waals surface area contributed by atoms with Crippen LogP contribution in [0.2, 0.25) is 0 Å². The molecule has 2 aromatic rings. The van der Waals surface area contributed by atoms with Gasteiger partial charge in [-0.1, -0.05) is 6.42 Å². The summed E-state index contributed by atoms with van der Waals surface area (Å²) >= 11 is 0. The number of H-pyrrole nitrogens is 1. The monoisotopic (exact) mass is 305 g/mol. The molecule has 0 radical (unpaired) electrons. The molecular weight excluding hydrogens is 282 g/mol. The van der Waals surface area contributed by atoms with Crippen LogP contribution < -0.4 is 0 Å². The lowest BCUT2D eigenvalue weighted by Crippen LogP contribution is -2.34. The molecule has 8 heteroatoms. The number of ether oxygens (including phenoxy) is 1. The maximum atomic E-state index is 5.10. The van der Waals surface area contributed by atoms with Gasteiger partial charge in [0.15, 0.2) is 11.6 Å². The first-order valence-corrected chi connectivity index (χ1v) is 7.82. The molecule has 1 saturated heterocycles. The van der Waals surface area contributed by atoms with E-state index in [0.29, 0.717) is 6.61 Å². The number of hydrogen-bond acceptors (Lipinski definition) is 6. The molecule has 22 heavy (non-hydrogen) atoms. The van der Waals surface area contributed by atoms with Gasteiger partial charge >= 0.3 is 0 Å². The van der Waals surface area contributed by atoms with Crippen molar-refractivity contribution >= 4 is 0 Å². The molecule has 120 valence electrons. The molecule has 0 saturated carbocycles. The van der Waals surface area contributed by atoms with Crippen molar-refractivity contribution in [2.75, 3.05) is 13.7 Å². The summed E-state index contributed by atoms with van der Waals surface area (Å²) in [5.41, 5.74) is 0. The first-order valence-electron chi connectivity index (χ1n) is 7.82. The summed E-state index contributed by atoms with van der Waals surface area (Å²) in [5, 5.41) is 11.6. The second-order valence-electron chi connectivity index (χ2n) is 5.55. The highest BCUT2D eigenvalue weighted by Crippen LogP contribution is 2.29. The Balaban J connectivity index is 1.75. The Morgan fingerprint density at radius 3 is 3.14 bits per heavy atom. The number of aromatic nitrogens is 6. The summed E-state index contributed by atoms with van der Waals surface area (Å²) in [5.74, 6) is 2.64. The molecule has 0 amide bonds. The van der Waals surface area contributed by atoms with Gasteiger partial charge in [-0.25, -0.2) is 14.6 Å². The standard InChI is InChI=1S/C14H23N7O/c1-3-21-13(15-10-16-21)8-20-7-5-4-6-11(20)14-17-12(9-22-2)18-19-14/h10-11H,3-9H2,1-2H3,(H,17,18,19). The zero-order valence-corrected chi connectivity index (χ0v) is 13.2. The normalized spacial score (nSPS) is 19.6. The van der Waals surface area contributed by atoms with Crippen LogP contribution in [0.1, 0.15) is 49.7 Å². The van der Waals surface area contributed by atoms with Crippen LogP contribution in [0.4, 0.5) is 0 Å². The summed E-state index contributed by atoms with van der Waals surface area (Å²) in [6.45, 7) is 5.20. The van der Waals surface area contributed by atoms with E-state index in [-0.39, 0.29) is 6.04 Å². The van der Waals surface area contributed by atoms with Gasteiger partial charge in [0.05, 0.1) is 12.6 Å². The number of rotatable bonds is 6. The van der Waals surface area contributed by atoms with Crippen LogP contribution in [-0.4, -0.2) is 48.5 Å². The van der Waals surface area contributed by atoms with Crippen LogP contribution in [-0.2, 0) is 24.4 Å². The van der Waals surface area contributed by atoms with Crippen molar-refractivity contribution in [3.05, 3.63) is 23.8 Å². The van der Waals surface area contributed by atoms with Crippen molar-refractivity contribution in [1.82, 2.24) is 34.8 Å². The fraction of sp³-hybridized carbons (Fsp3) is 0.714. The third-order valence-electron chi connectivity index (χ3n) is 4.08. The fourth-order valence-electron chi connectivity index (χ4n) is 2.99. The molecule has 0 aromatic carbocycles. The molecule has 2 aromatic heterocycles. The number of piperidine rings is 1. The number of nitrogens with one attached hydrogen (secondary N) is 1. The Morgan fingerprint density at radius 1 is 1.41 bits per heavy atom. The minimum Gasteiger partial charge on any atom is -0.377 e. The quantitative estimate of drug-likeness (QED) is 0.865. The number of likely N-dealkylation sites (tertiary alicyclic amines) is 1. The minimum atomic E-state index is 0.234. The highest BCUT2D eigenvalue weighted by atomic mass is 16.5. The lowest BCUT2D eigenvalue weighted by molar-refractivity contribution is 0.128. The molecule has 0 spiro atoms. The minimum absolute atomic E-state index is 0.234. The van der Waals surface area contributed by atoms with E-state index in [9.17, 15) is 0 Å². The SMILES string of the molecule is CCn1ncnc1CN1CCCCC1c1n[nH]c(COC)n1. The molecule has 1 unspecified atom stereocenters. The first-order chi connectivity index (χ1) is 10.8. The van der Waals surface area contributed by atoms with Crippen LogP contribution >= 0.6 is 0 Å². The van der Waals surface area contributed by atoms with E-state index in [1.807, 2.05) is 4.68 Å². The van der Waals surface area contributed by atoms with Crippen LogP contribution in [0, 0.1) is 0 Å². The van der Waals surface area contributed by atoms with E-state index in [4.69, 9.17) is 4.74 Å². The molecule has 1 aliphatic rings. The summed E-state index contributed by atoms with van der Waals surface area (Å²) < 4.78 is 7.05. The third-order valence-corrected chi connectivity index (χ3v) is 4.08. The summed E-state index contributed by atoms with van der Waals surface area (Å²) in [4.78, 5) is 11.4. The molecule has 3 heterocycles. The topological polar surface area (TPSA) is 84.8 Å². The largest absolute Gasteiger partial charge is 0.377 e. The summed E-state index contributed by atoms with van der Waals surface area (Å²) in [7, 11) is 1.66. The predicted molar refractivity (Wildman–Crippen MR) is 79.8 cm³/mol. The lowest BCUT2D eigenvalue weighted by atomic mass is 10.0. The van der Waals surface area contributed by atoms with Crippen molar-refractivity contribution in [2.45, 2.75) is 51.9 Å². The highest BCUT2D eigenvalue weighted by Gasteiger charge is 2.28. The van der Waals surface area contributed by atoms with Crippen molar-refractivity contribution in [2.24, 2.45) is 0 Å². The van der Waals surface area contributed by atoms with Gasteiger partial charge in [-0.3, -0.25) is 10.00 Å². The van der Waals surface area contributed by atoms with Gasteiger partial charge in [0.2, 0.25) is 0 Å². The molecule has 1 atom stereocenters. The van der Waals surface area contributed by atoms with Crippen LogP contribution in [0.5, 0.6) is 0 Å². The second-order valence-corrected chi connectivity index (χ2v) is 5.55. The summed E-state index contributed by atoms with van der Waals surface area (Å²) in [6.07, 6.45) is 5.10. The molecule has 3 rings (SSSR count). The van der Waals surface area contributed by atoms with Crippen molar-refractivity contribution in [1.29, 1.82) is 0 Å². The van der Waals surface area contributed by atoms with Gasteiger partial charge in [0, 0.05) is 13.7 Å². The zero-order valence-electron chi connectivity index (χ0n) is 13.2. The molecule has 1 fully saturated rings. The first kappa shape index (κ1) is 15.1. The van der Waals surface area contributed by atoms with Gasteiger partial charge in [0.1, 0.15) is 18.8 Å². The lowest BCUT2D eigenvalue weighted by Gasteiger charge is -2.33. The number of aryl methyl sites for hydroxylation is 1. The second kappa shape index (κ2) is 6.97. The molecular formula is C14H23N7O. The van der Waals surface area contributed by atoms with Gasteiger partial charge < -0.3 is 4.74 Å². The van der Waals surface area contributed by atoms with Gasteiger partial charge in [-0.2, -0.15) is 10.2 Å². The number of hydrogen-bond donors (Lipinski definition) is 1. The van der Waals surface area contributed by atoms with Crippen LogP contribution in [0.25, 0.3) is 0 Å². The van der Waals surface area contributed by atoms with Crippen molar-refractivity contribution in [3.63, 3.8) is 0 Å². The summed E-state index contributed by atoms with van der Waals surface area (Å²) in [6, 6.07) is 0.234. The average molecular weight is 305 g/mol. The predicted octanol–water partition coefficient (Wildman–Crippen LogP) is 1.29. The molecule has 8 nitrogen and oxygen atoms in total. The van der Waals surface area contributed by atoms with E-state index in [0.717, 1.165) is 43.5 Å². The van der Waals surface area contributed by atoms with E-state index < -0.39 is 0 Å². The molecule has 0 bridgehead atoms. The van der Waals surface area contributed by atoms with E-state index in [1.165, 1.54) is 12.8 Å². The van der Waals surface area contributed by atoms with Crippen LogP contribution in [0.3, 0.4) is 0 Å². The van der Waals surface area contributed by atoms with Crippen molar-refractivity contribution in [3.8, 4) is 0 Å². The van der Waals surface area contributed by atoms with Gasteiger partial charge in [0.25, 0.3) is 0 Å². The Labute approximate surface area is 129 Å². The van der Waals surface area contributed by atoms with Gasteiger partial charge in [-0.05, 0) is 26.3 Å². The number of aromatic amines is 1. The van der Waals surface area contributed by atoms with Crippen LogP contribution in [0.15, 0.2) is 6.33 Å². The Bertz CT molecular complexity index is 594. The fourth-order valence-corrected chi connectivity index (χ4v) is 2.99. The molecule has 1 N–H and O–H groups in total. The van der Waals surface area contributed by atoms with Crippen molar-refractivity contribution < 1.29 is 4.74 Å². The molecule has 1 aliphatic heterocycles. The Kier molecular flexibility index (Phi) is 4.79. The maximum Gasteiger partial charge on any atom is 0.167 e. The number of nitrogens with zero attached hydrogens (tertiary/aromatic N) is 6. The van der Waals surface area contributed by atoms with E-state index in [2.05, 4.69) is 37.1 Å². The Morgan fingerprint density at radius 2 is 2.32 bits per heavy atom. The number of methoxy groups -OCH3 is 1. The smallest absolute Gasteiger partial charge is 0.167 e. The zero-order chi connectivity index (χ0) is 15.4.